The molecular formula is C8H13NS2. The standard InChI is InChI=1S/C8H13NS2/c1-2-7-11-8(10)9-5-3-4-6-9/h2H,1,3-7H2. The van der Waals surface area contributed by atoms with E-state index in [-0.39, 0.29) is 0 Å². The lowest BCUT2D eigenvalue weighted by Crippen LogP contribution is -2.23. The number of likely N-dealkylation sites (tertiary alicyclic amines) is 1. The molecule has 0 radical (unpaired) electrons. The van der Waals surface area contributed by atoms with Gasteiger partial charge in [0.2, 0.25) is 0 Å². The van der Waals surface area contributed by atoms with Gasteiger partial charge in [0.05, 0.1) is 0 Å². The van der Waals surface area contributed by atoms with Gasteiger partial charge in [-0.05, 0) is 12.8 Å². The molecule has 1 nitrogen and oxygen atoms in total. The Labute approximate surface area is 77.8 Å². The number of hydrogen-bond donors (Lipinski definition) is 0. The minimum absolute atomic E-state index is 0.940. The lowest BCUT2D eigenvalue weighted by atomic mass is 10.4. The molecule has 1 saturated heterocycles. The third-order valence-electron chi connectivity index (χ3n) is 1.69. The van der Waals surface area contributed by atoms with Crippen LogP contribution >= 0.6 is 24.0 Å². The van der Waals surface area contributed by atoms with Crippen LogP contribution in [0.2, 0.25) is 0 Å². The lowest BCUT2D eigenvalue weighted by Gasteiger charge is -2.16. The van der Waals surface area contributed by atoms with E-state index >= 15 is 0 Å². The van der Waals surface area contributed by atoms with Gasteiger partial charge in [0.1, 0.15) is 4.32 Å². The predicted molar refractivity (Wildman–Crippen MR) is 56.1 cm³/mol. The number of nitrogens with zero attached hydrogens (tertiary/aromatic N) is 1. The molecule has 0 N–H and O–H groups in total. The first kappa shape index (κ1) is 9.07. The maximum Gasteiger partial charge on any atom is 0.136 e. The fourth-order valence-electron chi connectivity index (χ4n) is 1.12. The van der Waals surface area contributed by atoms with E-state index in [2.05, 4.69) is 11.5 Å². The molecule has 3 heteroatoms. The van der Waals surface area contributed by atoms with Crippen molar-refractivity contribution in [1.29, 1.82) is 0 Å². The summed E-state index contributed by atoms with van der Waals surface area (Å²) in [7, 11) is 0. The minimum Gasteiger partial charge on any atom is -0.358 e. The third-order valence-corrected chi connectivity index (χ3v) is 3.21. The second kappa shape index (κ2) is 4.78. The molecule has 0 atom stereocenters. The maximum absolute atomic E-state index is 5.22. The number of rotatable bonds is 2. The Kier molecular flexibility index (Phi) is 3.94. The van der Waals surface area contributed by atoms with Crippen molar-refractivity contribution in [2.24, 2.45) is 0 Å². The molecule has 1 fully saturated rings. The summed E-state index contributed by atoms with van der Waals surface area (Å²) >= 11 is 6.93. The first-order valence-electron chi connectivity index (χ1n) is 3.87. The van der Waals surface area contributed by atoms with Crippen molar-refractivity contribution in [1.82, 2.24) is 4.90 Å². The largest absolute Gasteiger partial charge is 0.358 e. The lowest BCUT2D eigenvalue weighted by molar-refractivity contribution is 0.539. The van der Waals surface area contributed by atoms with E-state index < -0.39 is 0 Å². The van der Waals surface area contributed by atoms with Crippen molar-refractivity contribution < 1.29 is 0 Å². The van der Waals surface area contributed by atoms with E-state index in [1.54, 1.807) is 11.8 Å². The molecule has 0 bridgehead atoms. The second-order valence-electron chi connectivity index (χ2n) is 2.56. The van der Waals surface area contributed by atoms with Crippen LogP contribution in [0.25, 0.3) is 0 Å². The summed E-state index contributed by atoms with van der Waals surface area (Å²) in [6.07, 6.45) is 4.50. The smallest absolute Gasteiger partial charge is 0.136 e. The van der Waals surface area contributed by atoms with Gasteiger partial charge in [-0.2, -0.15) is 0 Å². The van der Waals surface area contributed by atoms with E-state index in [1.165, 1.54) is 12.8 Å². The predicted octanol–water partition coefficient (Wildman–Crippen LogP) is 2.29. The van der Waals surface area contributed by atoms with Gasteiger partial charge in [-0.15, -0.1) is 6.58 Å². The van der Waals surface area contributed by atoms with Gasteiger partial charge >= 0.3 is 0 Å². The van der Waals surface area contributed by atoms with Crippen LogP contribution in [0.5, 0.6) is 0 Å². The van der Waals surface area contributed by atoms with Gasteiger partial charge in [-0.3, -0.25) is 0 Å². The molecule has 0 saturated carbocycles. The fourth-order valence-corrected chi connectivity index (χ4v) is 2.13. The van der Waals surface area contributed by atoms with Crippen LogP contribution in [0.15, 0.2) is 12.7 Å². The Balaban J connectivity index is 2.22. The first-order chi connectivity index (χ1) is 5.34. The highest BCUT2D eigenvalue weighted by molar-refractivity contribution is 8.23. The van der Waals surface area contributed by atoms with Crippen LogP contribution < -0.4 is 0 Å². The van der Waals surface area contributed by atoms with E-state index in [1.807, 2.05) is 6.08 Å². The molecule has 11 heavy (non-hydrogen) atoms. The molecule has 0 spiro atoms. The number of thioether (sulfide) groups is 1. The summed E-state index contributed by atoms with van der Waals surface area (Å²) in [6, 6.07) is 0. The Morgan fingerprint density at radius 1 is 1.55 bits per heavy atom. The van der Waals surface area contributed by atoms with E-state index in [0.717, 1.165) is 23.2 Å². The van der Waals surface area contributed by atoms with Crippen molar-refractivity contribution in [3.63, 3.8) is 0 Å². The summed E-state index contributed by atoms with van der Waals surface area (Å²) in [5, 5.41) is 0. The molecule has 1 aliphatic heterocycles. The third kappa shape index (κ3) is 2.83. The average molecular weight is 187 g/mol. The van der Waals surface area contributed by atoms with Gasteiger partial charge in [-0.25, -0.2) is 0 Å². The van der Waals surface area contributed by atoms with Crippen LogP contribution in [-0.2, 0) is 0 Å². The number of hydrogen-bond acceptors (Lipinski definition) is 2. The highest BCUT2D eigenvalue weighted by atomic mass is 32.2. The van der Waals surface area contributed by atoms with Crippen LogP contribution in [0, 0.1) is 0 Å². The molecule has 0 unspecified atom stereocenters. The monoisotopic (exact) mass is 187 g/mol. The Morgan fingerprint density at radius 3 is 2.73 bits per heavy atom. The SMILES string of the molecule is C=CCSC(=S)N1CCCC1. The Morgan fingerprint density at radius 2 is 2.18 bits per heavy atom. The summed E-state index contributed by atoms with van der Waals surface area (Å²) in [5.74, 6) is 0.940. The van der Waals surface area contributed by atoms with Crippen molar-refractivity contribution >= 4 is 28.3 Å². The Hall–Kier alpha value is -0.0200. The van der Waals surface area contributed by atoms with Gasteiger partial charge in [-0.1, -0.05) is 30.1 Å². The number of thiocarbonyl (C=S) groups is 1. The van der Waals surface area contributed by atoms with E-state index in [9.17, 15) is 0 Å². The van der Waals surface area contributed by atoms with Crippen molar-refractivity contribution in [2.45, 2.75) is 12.8 Å². The van der Waals surface area contributed by atoms with Crippen LogP contribution in [0.1, 0.15) is 12.8 Å². The normalized spacial score (nSPS) is 16.9. The van der Waals surface area contributed by atoms with Crippen molar-refractivity contribution in [3.05, 3.63) is 12.7 Å². The summed E-state index contributed by atoms with van der Waals surface area (Å²) in [6.45, 7) is 5.97. The molecular weight excluding hydrogens is 174 g/mol. The maximum atomic E-state index is 5.22. The summed E-state index contributed by atoms with van der Waals surface area (Å²) in [5.41, 5.74) is 0. The quantitative estimate of drug-likeness (QED) is 0.482. The molecule has 1 rings (SSSR count). The molecule has 1 aliphatic rings. The van der Waals surface area contributed by atoms with Gasteiger partial charge in [0.25, 0.3) is 0 Å². The van der Waals surface area contributed by atoms with Gasteiger partial charge in [0, 0.05) is 18.8 Å². The highest BCUT2D eigenvalue weighted by Crippen LogP contribution is 2.15. The zero-order valence-electron chi connectivity index (χ0n) is 6.58. The molecule has 62 valence electrons. The molecule has 0 aromatic rings. The second-order valence-corrected chi connectivity index (χ2v) is 4.21. The van der Waals surface area contributed by atoms with Gasteiger partial charge in [0.15, 0.2) is 0 Å². The van der Waals surface area contributed by atoms with E-state index in [4.69, 9.17) is 12.2 Å². The molecule has 0 aliphatic carbocycles. The molecule has 0 aromatic heterocycles. The van der Waals surface area contributed by atoms with Crippen molar-refractivity contribution in [3.8, 4) is 0 Å². The molecule has 1 heterocycles. The zero-order chi connectivity index (χ0) is 8.10. The van der Waals surface area contributed by atoms with Gasteiger partial charge < -0.3 is 4.90 Å². The van der Waals surface area contributed by atoms with Crippen LogP contribution in [0.3, 0.4) is 0 Å². The first-order valence-corrected chi connectivity index (χ1v) is 5.26. The Bertz CT molecular complexity index is 150. The summed E-state index contributed by atoms with van der Waals surface area (Å²) < 4.78 is 1.04. The van der Waals surface area contributed by atoms with E-state index in [0.29, 0.717) is 0 Å². The topological polar surface area (TPSA) is 3.24 Å². The van der Waals surface area contributed by atoms with Crippen molar-refractivity contribution in [2.75, 3.05) is 18.8 Å². The summed E-state index contributed by atoms with van der Waals surface area (Å²) in [4.78, 5) is 2.28. The fraction of sp³-hybridized carbons (Fsp3) is 0.625. The zero-order valence-corrected chi connectivity index (χ0v) is 8.22. The van der Waals surface area contributed by atoms with Crippen LogP contribution in [0.4, 0.5) is 0 Å². The molecule has 0 aromatic carbocycles. The highest BCUT2D eigenvalue weighted by Gasteiger charge is 2.13. The minimum atomic E-state index is 0.940. The molecule has 0 amide bonds. The van der Waals surface area contributed by atoms with Crippen LogP contribution in [-0.4, -0.2) is 28.1 Å². The average Bonchev–Trinajstić information content (AvgIpc) is 2.52.